The Morgan fingerprint density at radius 3 is 1.24 bits per heavy atom. The maximum absolute atomic E-state index is 4.64. The molecule has 1 aliphatic carbocycles. The first-order valence-corrected chi connectivity index (χ1v) is 42.5. The van der Waals surface area contributed by atoms with Crippen LogP contribution >= 0.6 is 0 Å². The molecule has 123 heavy (non-hydrogen) atoms. The fourth-order valence-corrected chi connectivity index (χ4v) is 22.2. The van der Waals surface area contributed by atoms with Crippen molar-refractivity contribution in [2.24, 2.45) is 0 Å². The molecule has 0 radical (unpaired) electrons. The number of benzene rings is 21. The predicted octanol–water partition coefficient (Wildman–Crippen LogP) is 30.6. The third kappa shape index (κ3) is 9.56. The van der Waals surface area contributed by atoms with Gasteiger partial charge in [0.1, 0.15) is 0 Å². The van der Waals surface area contributed by atoms with Crippen molar-refractivity contribution in [1.82, 2.24) is 33.2 Å². The normalized spacial score (nSPS) is 12.9. The van der Waals surface area contributed by atoms with Gasteiger partial charge in [-0.2, -0.15) is 0 Å². The van der Waals surface area contributed by atoms with Crippen molar-refractivity contribution in [2.75, 3.05) is 0 Å². The summed E-state index contributed by atoms with van der Waals surface area (Å²) in [5, 5.41) is 38.6. The van der Waals surface area contributed by atoms with Crippen LogP contribution < -0.4 is 0 Å². The van der Waals surface area contributed by atoms with E-state index in [-0.39, 0.29) is 5.41 Å². The average molecular weight is 1560 g/mol. The van der Waals surface area contributed by atoms with Gasteiger partial charge in [-0.1, -0.05) is 281 Å². The quantitative estimate of drug-likeness (QED) is 0.161. The molecular formula is C116H71N7. The maximum Gasteiger partial charge on any atom is 0.0724 e. The van der Waals surface area contributed by atoms with Gasteiger partial charge >= 0.3 is 0 Å². The first-order chi connectivity index (χ1) is 60.8. The molecule has 7 heterocycles. The number of fused-ring (bicyclic) bond motifs is 21. The molecule has 7 nitrogen and oxygen atoms in total. The molecule has 29 rings (SSSR count). The van der Waals surface area contributed by atoms with Crippen LogP contribution in [-0.4, -0.2) is 33.2 Å². The summed E-state index contributed by atoms with van der Waals surface area (Å²) >= 11 is 0. The number of pyridine rings is 3. The van der Waals surface area contributed by atoms with Crippen LogP contribution in [-0.2, 0) is 5.41 Å². The molecule has 0 saturated carbocycles. The molecule has 0 bridgehead atoms. The topological polar surface area (TPSA) is 58.4 Å². The monoisotopic (exact) mass is 1560 g/mol. The van der Waals surface area contributed by atoms with E-state index in [4.69, 9.17) is 0 Å². The van der Waals surface area contributed by atoms with Gasteiger partial charge in [-0.3, -0.25) is 15.0 Å². The van der Waals surface area contributed by atoms with Gasteiger partial charge in [0.25, 0.3) is 0 Å². The summed E-state index contributed by atoms with van der Waals surface area (Å²) in [7, 11) is 0. The lowest BCUT2D eigenvalue weighted by atomic mass is 9.82. The number of hydrogen-bond donors (Lipinski definition) is 0. The molecule has 7 aromatic heterocycles. The number of hydrogen-bond acceptors (Lipinski definition) is 3. The Kier molecular flexibility index (Phi) is 14.1. The van der Waals surface area contributed by atoms with Gasteiger partial charge in [0.2, 0.25) is 0 Å². The Labute approximate surface area is 704 Å². The fourth-order valence-electron chi connectivity index (χ4n) is 22.2. The molecule has 0 spiro atoms. The van der Waals surface area contributed by atoms with E-state index in [1.54, 1.807) is 0 Å². The third-order valence-electron chi connectivity index (χ3n) is 27.5. The van der Waals surface area contributed by atoms with Gasteiger partial charge in [0.05, 0.1) is 68.4 Å². The lowest BCUT2D eigenvalue weighted by Crippen LogP contribution is -2.15. The molecule has 0 unspecified atom stereocenters. The van der Waals surface area contributed by atoms with Crippen LogP contribution in [0.15, 0.2) is 395 Å². The summed E-state index contributed by atoms with van der Waals surface area (Å²) in [6, 6.07) is 132. The Bertz CT molecular complexity index is 9330. The average Bonchev–Trinajstić information content (AvgIpc) is 1.62. The zero-order valence-corrected chi connectivity index (χ0v) is 67.2. The van der Waals surface area contributed by atoms with E-state index in [0.717, 1.165) is 27.9 Å². The van der Waals surface area contributed by atoms with E-state index in [9.17, 15) is 0 Å². The van der Waals surface area contributed by atoms with Crippen molar-refractivity contribution in [2.45, 2.75) is 19.3 Å². The van der Waals surface area contributed by atoms with Crippen molar-refractivity contribution < 1.29 is 0 Å². The zero-order chi connectivity index (χ0) is 80.6. The molecule has 570 valence electrons. The number of para-hydroxylation sites is 2. The summed E-state index contributed by atoms with van der Waals surface area (Å²) in [5.74, 6) is 0. The standard InChI is InChI=1S/C45H27N3.C36H24N2.C35H20N2/c1-3-9-28(10-4-1)33-19-15-29-16-21-37-44-30(17-20-35(33)43(29)44)25-41-45(37)36-23-24-46-27-42(36)48(41)32-18-22-40-38(26-32)34-13-7-8-14-39(34)47(40)31-11-5-2-6-12-31;1-36(2)29-9-4-3-8-25(29)26-15-13-24(19-30(26)36)38-31-18-23-11-10-21-6-5-7-22-12-14-28(34(23)33(21)22)35(31)27-16-17-37-20-32(27)38;1-2-9-25-23(6-1)18-30(27-11-4-3-10-26(25)27)37-31-19-24-13-12-21-7-5-8-22-14-15-29(34(24)33(21)22)35(31)28-16-17-36-20-32(28)37/h1-27H;3-20H,1-2H3;1-20H. The highest BCUT2D eigenvalue weighted by Crippen LogP contribution is 2.53. The van der Waals surface area contributed by atoms with Crippen LogP contribution in [0.3, 0.4) is 0 Å². The lowest BCUT2D eigenvalue weighted by Gasteiger charge is -2.22. The second kappa shape index (κ2) is 25.5. The highest BCUT2D eigenvalue weighted by Gasteiger charge is 2.36. The van der Waals surface area contributed by atoms with E-state index < -0.39 is 0 Å². The van der Waals surface area contributed by atoms with Crippen molar-refractivity contribution >= 4 is 206 Å². The fraction of sp³-hybridized carbons (Fsp3) is 0.0259. The Morgan fingerprint density at radius 2 is 0.610 bits per heavy atom. The van der Waals surface area contributed by atoms with Gasteiger partial charge in [0.15, 0.2) is 0 Å². The molecule has 0 fully saturated rings. The highest BCUT2D eigenvalue weighted by atomic mass is 15.0. The van der Waals surface area contributed by atoms with Gasteiger partial charge < -0.3 is 18.3 Å². The van der Waals surface area contributed by atoms with Gasteiger partial charge in [0, 0.05) is 89.5 Å². The van der Waals surface area contributed by atoms with Gasteiger partial charge in [-0.05, 0) is 237 Å². The molecule has 28 aromatic rings. The Hall–Kier alpha value is -16.1. The lowest BCUT2D eigenvalue weighted by molar-refractivity contribution is 0.660. The molecule has 0 aliphatic heterocycles. The van der Waals surface area contributed by atoms with E-state index in [1.807, 2.05) is 37.2 Å². The second-order valence-corrected chi connectivity index (χ2v) is 34.1. The van der Waals surface area contributed by atoms with Gasteiger partial charge in [-0.15, -0.1) is 0 Å². The molecule has 21 aromatic carbocycles. The molecular weight excluding hydrogens is 1490 g/mol. The summed E-state index contributed by atoms with van der Waals surface area (Å²) in [6.45, 7) is 4.69. The SMILES string of the molecule is CC1(C)c2ccccc2-c2ccc(-n3c4cnccc4c4c5ccc6cccc7ccc(cc43)c5c76)cc21.c1ccc(-c2ccc3ccc4c5c(ccc2c35)cc2c4c3ccncc3n2-c2ccc3c(c2)c2ccccc2n3-c2ccccc2)cc1.c1ccc2c(c1)cc(-n1c3cnccc3c3c4ccc5cccc6ccc(cc31)c4c65)c1ccccc12. The van der Waals surface area contributed by atoms with Crippen LogP contribution in [0, 0.1) is 0 Å². The maximum atomic E-state index is 4.64. The van der Waals surface area contributed by atoms with E-state index >= 15 is 0 Å². The minimum atomic E-state index is -0.0459. The van der Waals surface area contributed by atoms with Crippen LogP contribution in [0.4, 0.5) is 0 Å². The summed E-state index contributed by atoms with van der Waals surface area (Å²) in [5.41, 5.74) is 22.0. The molecule has 0 saturated heterocycles. The van der Waals surface area contributed by atoms with Gasteiger partial charge in [-0.25, -0.2) is 0 Å². The first-order valence-electron chi connectivity index (χ1n) is 42.5. The first kappa shape index (κ1) is 67.9. The third-order valence-corrected chi connectivity index (χ3v) is 27.5. The summed E-state index contributed by atoms with van der Waals surface area (Å²) in [4.78, 5) is 13.8. The summed E-state index contributed by atoms with van der Waals surface area (Å²) in [6.07, 6.45) is 11.8. The zero-order valence-electron chi connectivity index (χ0n) is 67.2. The molecule has 0 amide bonds. The van der Waals surface area contributed by atoms with E-state index in [2.05, 4.69) is 405 Å². The molecule has 0 N–H and O–H groups in total. The molecule has 0 atom stereocenters. The Morgan fingerprint density at radius 1 is 0.195 bits per heavy atom. The van der Waals surface area contributed by atoms with Crippen molar-refractivity contribution in [3.8, 4) is 45.0 Å². The Balaban J connectivity index is 0.0000000978. The van der Waals surface area contributed by atoms with E-state index in [0.29, 0.717) is 0 Å². The van der Waals surface area contributed by atoms with Crippen LogP contribution in [0.1, 0.15) is 25.0 Å². The van der Waals surface area contributed by atoms with Crippen LogP contribution in [0.25, 0.3) is 251 Å². The van der Waals surface area contributed by atoms with Crippen molar-refractivity contribution in [3.63, 3.8) is 0 Å². The van der Waals surface area contributed by atoms with Crippen LogP contribution in [0.5, 0.6) is 0 Å². The minimum Gasteiger partial charge on any atom is -0.309 e. The largest absolute Gasteiger partial charge is 0.309 e. The molecule has 1 aliphatic rings. The van der Waals surface area contributed by atoms with Crippen molar-refractivity contribution in [3.05, 3.63) is 406 Å². The summed E-state index contributed by atoms with van der Waals surface area (Å²) < 4.78 is 9.64. The molecule has 7 heteroatoms. The smallest absolute Gasteiger partial charge is 0.0724 e. The second-order valence-electron chi connectivity index (χ2n) is 34.1. The van der Waals surface area contributed by atoms with Crippen molar-refractivity contribution in [1.29, 1.82) is 0 Å². The van der Waals surface area contributed by atoms with Crippen LogP contribution in [0.2, 0.25) is 0 Å². The number of nitrogens with zero attached hydrogens (tertiary/aromatic N) is 7. The minimum absolute atomic E-state index is 0.0459. The number of rotatable bonds is 5. The number of aromatic nitrogens is 7. The highest BCUT2D eigenvalue weighted by molar-refractivity contribution is 6.37. The predicted molar refractivity (Wildman–Crippen MR) is 519 cm³/mol. The van der Waals surface area contributed by atoms with E-state index in [1.165, 1.54) is 234 Å².